The predicted octanol–water partition coefficient (Wildman–Crippen LogP) is 2.57. The summed E-state index contributed by atoms with van der Waals surface area (Å²) in [6, 6.07) is 4.96. The number of nitrogens with one attached hydrogen (secondary N) is 1. The van der Waals surface area contributed by atoms with E-state index < -0.39 is 9.84 Å². The molecule has 1 aliphatic rings. The summed E-state index contributed by atoms with van der Waals surface area (Å²) in [4.78, 5) is 0.311. The summed E-state index contributed by atoms with van der Waals surface area (Å²) in [6.45, 7) is 4.46. The molecule has 2 rings (SSSR count). The van der Waals surface area contributed by atoms with Gasteiger partial charge >= 0.3 is 0 Å². The summed E-state index contributed by atoms with van der Waals surface area (Å²) in [6.07, 6.45) is 0. The van der Waals surface area contributed by atoms with Gasteiger partial charge in [-0.3, -0.25) is 0 Å². The number of halogens is 1. The number of hydrogen-bond acceptors (Lipinski definition) is 3. The van der Waals surface area contributed by atoms with E-state index in [9.17, 15) is 8.42 Å². The van der Waals surface area contributed by atoms with E-state index >= 15 is 0 Å². The van der Waals surface area contributed by atoms with E-state index in [2.05, 4.69) is 5.32 Å². The summed E-state index contributed by atoms with van der Waals surface area (Å²) in [7, 11) is -3.26. The van der Waals surface area contributed by atoms with Gasteiger partial charge < -0.3 is 5.32 Å². The van der Waals surface area contributed by atoms with Crippen molar-refractivity contribution in [2.75, 3.05) is 17.6 Å². The molecule has 3 nitrogen and oxygen atoms in total. The minimum Gasteiger partial charge on any atom is -0.382 e. The van der Waals surface area contributed by atoms with Crippen molar-refractivity contribution in [3.05, 3.63) is 23.2 Å². The lowest BCUT2D eigenvalue weighted by Gasteiger charge is -2.21. The standard InChI is InChI=1S/C11H14ClNO2S/c1-11(2)6-13-10-8(12)4-3-5-9(10)16(14,15)7-11/h3-5,13H,6-7H2,1-2H3. The molecule has 1 N–H and O–H groups in total. The SMILES string of the molecule is CC1(C)CNc2c(Cl)cccc2S(=O)(=O)C1. The normalized spacial score (nSPS) is 21.7. The number of para-hydroxylation sites is 1. The fourth-order valence-corrected chi connectivity index (χ4v) is 4.27. The van der Waals surface area contributed by atoms with E-state index in [1.54, 1.807) is 18.2 Å². The van der Waals surface area contributed by atoms with Gasteiger partial charge in [0.25, 0.3) is 0 Å². The van der Waals surface area contributed by atoms with Crippen molar-refractivity contribution in [2.45, 2.75) is 18.7 Å². The molecule has 1 aliphatic heterocycles. The second kappa shape index (κ2) is 3.64. The Labute approximate surface area is 101 Å². The van der Waals surface area contributed by atoms with Crippen molar-refractivity contribution in [3.63, 3.8) is 0 Å². The van der Waals surface area contributed by atoms with Crippen LogP contribution in [0.5, 0.6) is 0 Å². The molecular formula is C11H14ClNO2S. The second-order valence-electron chi connectivity index (χ2n) is 4.89. The molecule has 88 valence electrons. The second-order valence-corrected chi connectivity index (χ2v) is 7.26. The minimum atomic E-state index is -3.26. The molecule has 0 amide bonds. The van der Waals surface area contributed by atoms with E-state index in [0.717, 1.165) is 0 Å². The molecule has 0 saturated carbocycles. The van der Waals surface area contributed by atoms with Crippen LogP contribution in [-0.4, -0.2) is 20.7 Å². The van der Waals surface area contributed by atoms with Crippen LogP contribution >= 0.6 is 11.6 Å². The Balaban J connectivity index is 2.64. The summed E-state index contributed by atoms with van der Waals surface area (Å²) in [5.74, 6) is 0.139. The molecule has 0 unspecified atom stereocenters. The molecule has 0 saturated heterocycles. The average Bonchev–Trinajstić information content (AvgIpc) is 2.22. The smallest absolute Gasteiger partial charge is 0.181 e. The Bertz CT molecular complexity index is 523. The topological polar surface area (TPSA) is 46.2 Å². The molecule has 1 aromatic carbocycles. The number of benzene rings is 1. The number of fused-ring (bicyclic) bond motifs is 1. The highest BCUT2D eigenvalue weighted by atomic mass is 35.5. The van der Waals surface area contributed by atoms with Gasteiger partial charge in [0.1, 0.15) is 0 Å². The van der Waals surface area contributed by atoms with Gasteiger partial charge in [-0.1, -0.05) is 31.5 Å². The maximum atomic E-state index is 12.2. The number of hydrogen-bond donors (Lipinski definition) is 1. The third-order valence-corrected chi connectivity index (χ3v) is 5.12. The zero-order valence-corrected chi connectivity index (χ0v) is 10.8. The Kier molecular flexibility index (Phi) is 2.67. The first-order valence-electron chi connectivity index (χ1n) is 5.07. The van der Waals surface area contributed by atoms with Crippen LogP contribution in [0.1, 0.15) is 13.8 Å². The van der Waals surface area contributed by atoms with Crippen molar-refractivity contribution in [1.82, 2.24) is 0 Å². The van der Waals surface area contributed by atoms with Crippen LogP contribution in [0.2, 0.25) is 5.02 Å². The van der Waals surface area contributed by atoms with Gasteiger partial charge in [-0.05, 0) is 17.5 Å². The molecule has 1 heterocycles. The van der Waals surface area contributed by atoms with Crippen molar-refractivity contribution in [1.29, 1.82) is 0 Å². The maximum absolute atomic E-state index is 12.2. The molecule has 16 heavy (non-hydrogen) atoms. The van der Waals surface area contributed by atoms with Crippen LogP contribution < -0.4 is 5.32 Å². The zero-order valence-electron chi connectivity index (χ0n) is 9.25. The molecule has 5 heteroatoms. The van der Waals surface area contributed by atoms with Crippen LogP contribution in [0.4, 0.5) is 5.69 Å². The van der Waals surface area contributed by atoms with E-state index in [-0.39, 0.29) is 11.2 Å². The van der Waals surface area contributed by atoms with E-state index in [1.165, 1.54) is 0 Å². The predicted molar refractivity (Wildman–Crippen MR) is 65.8 cm³/mol. The molecule has 0 aliphatic carbocycles. The maximum Gasteiger partial charge on any atom is 0.181 e. The van der Waals surface area contributed by atoms with E-state index in [4.69, 9.17) is 11.6 Å². The lowest BCUT2D eigenvalue weighted by Crippen LogP contribution is -2.28. The fraction of sp³-hybridized carbons (Fsp3) is 0.455. The average molecular weight is 260 g/mol. The quantitative estimate of drug-likeness (QED) is 0.779. The largest absolute Gasteiger partial charge is 0.382 e. The van der Waals surface area contributed by atoms with Gasteiger partial charge in [-0.25, -0.2) is 8.42 Å². The van der Waals surface area contributed by atoms with Crippen molar-refractivity contribution < 1.29 is 8.42 Å². The zero-order chi connectivity index (χ0) is 12.0. The minimum absolute atomic E-state index is 0.139. The van der Waals surface area contributed by atoms with Gasteiger partial charge in [-0.2, -0.15) is 0 Å². The summed E-state index contributed by atoms with van der Waals surface area (Å²) in [5, 5.41) is 3.59. The number of rotatable bonds is 0. The van der Waals surface area contributed by atoms with Crippen LogP contribution in [0, 0.1) is 5.41 Å². The molecule has 0 radical (unpaired) electrons. The Morgan fingerprint density at radius 3 is 2.75 bits per heavy atom. The molecule has 0 aromatic heterocycles. The summed E-state index contributed by atoms with van der Waals surface area (Å²) in [5.41, 5.74) is 0.246. The Hall–Kier alpha value is -0.740. The van der Waals surface area contributed by atoms with Crippen LogP contribution in [0.15, 0.2) is 23.1 Å². The van der Waals surface area contributed by atoms with Crippen molar-refractivity contribution >= 4 is 27.1 Å². The third kappa shape index (κ3) is 2.04. The van der Waals surface area contributed by atoms with E-state index in [1.807, 2.05) is 13.8 Å². The van der Waals surface area contributed by atoms with Crippen LogP contribution in [0.3, 0.4) is 0 Å². The lowest BCUT2D eigenvalue weighted by atomic mass is 9.96. The third-order valence-electron chi connectivity index (χ3n) is 2.63. The highest BCUT2D eigenvalue weighted by Gasteiger charge is 2.33. The first-order chi connectivity index (χ1) is 7.32. The molecule has 0 fully saturated rings. The highest BCUT2D eigenvalue weighted by molar-refractivity contribution is 7.91. The molecule has 0 spiro atoms. The molecule has 0 bridgehead atoms. The van der Waals surface area contributed by atoms with Gasteiger partial charge in [0, 0.05) is 6.54 Å². The van der Waals surface area contributed by atoms with Gasteiger partial charge in [0.2, 0.25) is 0 Å². The monoisotopic (exact) mass is 259 g/mol. The van der Waals surface area contributed by atoms with E-state index in [0.29, 0.717) is 22.2 Å². The van der Waals surface area contributed by atoms with Gasteiger partial charge in [0.15, 0.2) is 9.84 Å². The summed E-state index contributed by atoms with van der Waals surface area (Å²) >= 11 is 6.01. The first kappa shape index (κ1) is 11.7. The number of sulfone groups is 1. The molecular weight excluding hydrogens is 246 g/mol. The van der Waals surface area contributed by atoms with Crippen LogP contribution in [-0.2, 0) is 9.84 Å². The molecule has 0 atom stereocenters. The molecule has 1 aromatic rings. The highest BCUT2D eigenvalue weighted by Crippen LogP contribution is 2.36. The Morgan fingerprint density at radius 1 is 1.38 bits per heavy atom. The lowest BCUT2D eigenvalue weighted by molar-refractivity contribution is 0.442. The van der Waals surface area contributed by atoms with Gasteiger partial charge in [0.05, 0.1) is 21.4 Å². The fourth-order valence-electron chi connectivity index (χ4n) is 1.91. The van der Waals surface area contributed by atoms with Crippen LogP contribution in [0.25, 0.3) is 0 Å². The summed E-state index contributed by atoms with van der Waals surface area (Å²) < 4.78 is 24.3. The van der Waals surface area contributed by atoms with Crippen molar-refractivity contribution in [3.8, 4) is 0 Å². The number of anilines is 1. The first-order valence-corrected chi connectivity index (χ1v) is 7.10. The van der Waals surface area contributed by atoms with Gasteiger partial charge in [-0.15, -0.1) is 0 Å². The Morgan fingerprint density at radius 2 is 2.06 bits per heavy atom. The van der Waals surface area contributed by atoms with Crippen molar-refractivity contribution in [2.24, 2.45) is 5.41 Å².